The van der Waals surface area contributed by atoms with E-state index in [0.717, 1.165) is 0 Å². The number of carbonyl (C=O) groups is 2. The van der Waals surface area contributed by atoms with Gasteiger partial charge in [0.05, 0.1) is 11.5 Å². The molecule has 11 heteroatoms. The van der Waals surface area contributed by atoms with Gasteiger partial charge in [0.15, 0.2) is 5.71 Å². The summed E-state index contributed by atoms with van der Waals surface area (Å²) in [4.78, 5) is 27.5. The van der Waals surface area contributed by atoms with Crippen molar-refractivity contribution < 1.29 is 29.6 Å². The van der Waals surface area contributed by atoms with Crippen molar-refractivity contribution in [1.29, 1.82) is 0 Å². The third-order valence-corrected chi connectivity index (χ3v) is 4.04. The molecule has 0 saturated heterocycles. The average molecular weight is 370 g/mol. The summed E-state index contributed by atoms with van der Waals surface area (Å²) in [6, 6.07) is 7.33. The molecule has 138 valence electrons. The molecule has 27 heavy (non-hydrogen) atoms. The summed E-state index contributed by atoms with van der Waals surface area (Å²) in [5.74, 6) is -2.65. The van der Waals surface area contributed by atoms with Crippen LogP contribution in [0.3, 0.4) is 0 Å². The Bertz CT molecular complexity index is 935. The number of carboxylic acids is 1. The Morgan fingerprint density at radius 1 is 1.37 bits per heavy atom. The molecule has 0 aliphatic carbocycles. The minimum Gasteiger partial charge on any atom is -0.534 e. The van der Waals surface area contributed by atoms with Crippen LogP contribution in [0.4, 0.5) is 5.82 Å². The summed E-state index contributed by atoms with van der Waals surface area (Å²) < 4.78 is 5.30. The van der Waals surface area contributed by atoms with Crippen LogP contribution >= 0.6 is 0 Å². The Morgan fingerprint density at radius 3 is 2.81 bits per heavy atom. The topological polar surface area (TPSA) is 167 Å². The summed E-state index contributed by atoms with van der Waals surface area (Å²) in [5.41, 5.74) is 5.91. The van der Waals surface area contributed by atoms with E-state index in [1.165, 1.54) is 24.4 Å². The number of carbonyl (C=O) groups excluding carboxylic acids is 1. The second-order valence-corrected chi connectivity index (χ2v) is 5.81. The zero-order valence-electron chi connectivity index (χ0n) is 13.9. The number of nitrogen functional groups attached to an aromatic ring is 1. The van der Waals surface area contributed by atoms with Crippen LogP contribution in [0.5, 0.6) is 5.75 Å². The number of fused-ring (bicyclic) bond motifs is 1. The Kier molecular flexibility index (Phi) is 4.95. The third kappa shape index (κ3) is 3.67. The molecule has 0 bridgehead atoms. The van der Waals surface area contributed by atoms with Gasteiger partial charge >= 0.3 is 13.1 Å². The van der Waals surface area contributed by atoms with Crippen LogP contribution in [0, 0.1) is 0 Å². The van der Waals surface area contributed by atoms with Crippen LogP contribution in [-0.2, 0) is 11.2 Å². The molecule has 2 heterocycles. The number of carboxylic acid groups (broad SMARTS) is 1. The van der Waals surface area contributed by atoms with Gasteiger partial charge in [-0.3, -0.25) is 4.79 Å². The highest BCUT2D eigenvalue weighted by atomic mass is 16.5. The van der Waals surface area contributed by atoms with E-state index in [1.54, 1.807) is 12.1 Å². The van der Waals surface area contributed by atoms with Gasteiger partial charge in [-0.25, -0.2) is 9.78 Å². The number of nitrogens with two attached hydrogens (primary N) is 1. The molecule has 0 spiro atoms. The lowest BCUT2D eigenvalue weighted by atomic mass is 9.72. The Hall–Kier alpha value is -3.60. The lowest BCUT2D eigenvalue weighted by Crippen LogP contribution is -2.54. The van der Waals surface area contributed by atoms with Crippen molar-refractivity contribution in [3.8, 4) is 5.75 Å². The van der Waals surface area contributed by atoms with Crippen molar-refractivity contribution in [2.75, 3.05) is 5.73 Å². The molecular formula is C16H15BN4O6. The lowest BCUT2D eigenvalue weighted by Gasteiger charge is -2.28. The van der Waals surface area contributed by atoms with Gasteiger partial charge in [0.1, 0.15) is 11.6 Å². The van der Waals surface area contributed by atoms with Crippen molar-refractivity contribution in [3.63, 3.8) is 0 Å². The van der Waals surface area contributed by atoms with Gasteiger partial charge in [-0.15, -0.1) is 0 Å². The van der Waals surface area contributed by atoms with Crippen molar-refractivity contribution in [3.05, 3.63) is 53.2 Å². The summed E-state index contributed by atoms with van der Waals surface area (Å²) in [6.07, 6.45) is 1.48. The SMILES string of the molecule is Nc1cc(/C(=N\O)C(=O)N[C@H]2Cc3cccc(C(=O)O)c3OB2O)ccn1. The Morgan fingerprint density at radius 2 is 2.15 bits per heavy atom. The van der Waals surface area contributed by atoms with Crippen molar-refractivity contribution in [1.82, 2.24) is 10.3 Å². The highest BCUT2D eigenvalue weighted by Crippen LogP contribution is 2.30. The number of aromatic nitrogens is 1. The highest BCUT2D eigenvalue weighted by molar-refractivity contribution is 6.50. The van der Waals surface area contributed by atoms with Gasteiger partial charge < -0.3 is 31.0 Å². The summed E-state index contributed by atoms with van der Waals surface area (Å²) in [7, 11) is -1.48. The number of amides is 1. The van der Waals surface area contributed by atoms with Crippen LogP contribution in [0.2, 0.25) is 0 Å². The van der Waals surface area contributed by atoms with Crippen LogP contribution in [0.1, 0.15) is 21.5 Å². The van der Waals surface area contributed by atoms with Crippen molar-refractivity contribution in [2.45, 2.75) is 12.4 Å². The molecule has 10 nitrogen and oxygen atoms in total. The van der Waals surface area contributed by atoms with E-state index >= 15 is 0 Å². The average Bonchev–Trinajstić information content (AvgIpc) is 2.62. The second-order valence-electron chi connectivity index (χ2n) is 5.81. The van der Waals surface area contributed by atoms with Gasteiger partial charge in [-0.05, 0) is 30.2 Å². The maximum absolute atomic E-state index is 12.5. The molecule has 1 aromatic carbocycles. The molecular weight excluding hydrogens is 355 g/mol. The van der Waals surface area contributed by atoms with E-state index < -0.39 is 24.9 Å². The van der Waals surface area contributed by atoms with E-state index in [2.05, 4.69) is 15.5 Å². The minimum atomic E-state index is -1.48. The molecule has 0 unspecified atom stereocenters. The highest BCUT2D eigenvalue weighted by Gasteiger charge is 2.38. The molecule has 0 fully saturated rings. The fraction of sp³-hybridized carbons (Fsp3) is 0.125. The first-order chi connectivity index (χ1) is 12.9. The molecule has 1 amide bonds. The number of pyridine rings is 1. The molecule has 2 aromatic rings. The summed E-state index contributed by atoms with van der Waals surface area (Å²) in [6.45, 7) is 0. The maximum atomic E-state index is 12.5. The predicted octanol–water partition coefficient (Wildman–Crippen LogP) is -0.320. The zero-order chi connectivity index (χ0) is 19.6. The fourth-order valence-corrected chi connectivity index (χ4v) is 2.78. The monoisotopic (exact) mass is 370 g/mol. The minimum absolute atomic E-state index is 0.0564. The molecule has 1 atom stereocenters. The smallest absolute Gasteiger partial charge is 0.534 e. The lowest BCUT2D eigenvalue weighted by molar-refractivity contribution is -0.115. The Labute approximate surface area is 153 Å². The van der Waals surface area contributed by atoms with Crippen molar-refractivity contribution in [2.24, 2.45) is 5.16 Å². The maximum Gasteiger partial charge on any atom is 0.547 e. The normalized spacial score (nSPS) is 16.3. The van der Waals surface area contributed by atoms with Crippen molar-refractivity contribution >= 4 is 30.5 Å². The van der Waals surface area contributed by atoms with E-state index in [0.29, 0.717) is 5.56 Å². The third-order valence-electron chi connectivity index (χ3n) is 4.04. The largest absolute Gasteiger partial charge is 0.547 e. The molecule has 1 aromatic heterocycles. The number of anilines is 1. The second kappa shape index (κ2) is 7.34. The molecule has 1 aliphatic rings. The number of nitrogens with one attached hydrogen (secondary N) is 1. The van der Waals surface area contributed by atoms with E-state index in [1.807, 2.05) is 0 Å². The molecule has 0 radical (unpaired) electrons. The van der Waals surface area contributed by atoms with Gasteiger partial charge in [-0.2, -0.15) is 0 Å². The fourth-order valence-electron chi connectivity index (χ4n) is 2.78. The number of benzene rings is 1. The van der Waals surface area contributed by atoms with Crippen LogP contribution < -0.4 is 15.7 Å². The molecule has 1 aliphatic heterocycles. The molecule has 0 saturated carbocycles. The first kappa shape index (κ1) is 18.2. The zero-order valence-corrected chi connectivity index (χ0v) is 13.9. The number of hydrogen-bond acceptors (Lipinski definition) is 8. The van der Waals surface area contributed by atoms with E-state index in [9.17, 15) is 24.9 Å². The van der Waals surface area contributed by atoms with Crippen LogP contribution in [0.15, 0.2) is 41.7 Å². The summed E-state index contributed by atoms with van der Waals surface area (Å²) in [5, 5.41) is 34.1. The number of hydrogen-bond donors (Lipinski definition) is 5. The van der Waals surface area contributed by atoms with Gasteiger partial charge in [0.25, 0.3) is 5.91 Å². The van der Waals surface area contributed by atoms with Crippen LogP contribution in [-0.4, -0.2) is 51.0 Å². The van der Waals surface area contributed by atoms with Gasteiger partial charge in [-0.1, -0.05) is 17.3 Å². The molecule has 3 rings (SSSR count). The number of nitrogens with zero attached hydrogens (tertiary/aromatic N) is 2. The van der Waals surface area contributed by atoms with Crippen LogP contribution in [0.25, 0.3) is 0 Å². The Balaban J connectivity index is 1.81. The first-order valence-corrected chi connectivity index (χ1v) is 7.85. The molecule has 6 N–H and O–H groups in total. The van der Waals surface area contributed by atoms with Gasteiger partial charge in [0, 0.05) is 11.8 Å². The standard InChI is InChI=1S/C16H15BN4O6/c18-12-7-8(4-5-19-12)13(21-26)15(22)20-11-6-9-2-1-3-10(16(23)24)14(9)27-17(11)25/h1-5,7,11,25-26H,6H2,(H2,18,19)(H,20,22)(H,23,24)/b21-13+/t11-/m0/s1. The number of para-hydroxylation sites is 1. The van der Waals surface area contributed by atoms with E-state index in [-0.39, 0.29) is 34.8 Å². The quantitative estimate of drug-likeness (QED) is 0.211. The number of aromatic carboxylic acids is 1. The van der Waals surface area contributed by atoms with E-state index in [4.69, 9.17) is 10.4 Å². The first-order valence-electron chi connectivity index (χ1n) is 7.85. The number of rotatable bonds is 4. The van der Waals surface area contributed by atoms with Gasteiger partial charge in [0.2, 0.25) is 0 Å². The number of oxime groups is 1. The predicted molar refractivity (Wildman–Crippen MR) is 94.6 cm³/mol. The summed E-state index contributed by atoms with van der Waals surface area (Å²) >= 11 is 0.